The van der Waals surface area contributed by atoms with Gasteiger partial charge in [-0.2, -0.15) is 0 Å². The van der Waals surface area contributed by atoms with Gasteiger partial charge in [-0.1, -0.05) is 0 Å². The number of carboxylic acid groups (broad SMARTS) is 1. The maximum atomic E-state index is 10.9. The van der Waals surface area contributed by atoms with Crippen molar-refractivity contribution < 1.29 is 15.0 Å². The van der Waals surface area contributed by atoms with E-state index in [2.05, 4.69) is 4.98 Å². The van der Waals surface area contributed by atoms with Gasteiger partial charge in [0.05, 0.1) is 12.8 Å². The van der Waals surface area contributed by atoms with Crippen LogP contribution >= 0.6 is 0 Å². The minimum atomic E-state index is -1.01. The summed E-state index contributed by atoms with van der Waals surface area (Å²) in [7, 11) is 1.85. The smallest absolute Gasteiger partial charge is 0.354 e. The van der Waals surface area contributed by atoms with Crippen LogP contribution in [-0.2, 0) is 0 Å². The molecule has 0 unspecified atom stereocenters. The number of aromatic carboxylic acids is 1. The zero-order valence-electron chi connectivity index (χ0n) is 9.37. The van der Waals surface area contributed by atoms with Crippen molar-refractivity contribution in [3.8, 4) is 0 Å². The molecule has 0 saturated heterocycles. The molecule has 0 aliphatic heterocycles. The van der Waals surface area contributed by atoms with Crippen LogP contribution in [0.2, 0.25) is 0 Å². The van der Waals surface area contributed by atoms with Crippen molar-refractivity contribution in [3.63, 3.8) is 0 Å². The number of hydrogen-bond acceptors (Lipinski definition) is 4. The lowest BCUT2D eigenvalue weighted by Crippen LogP contribution is -2.21. The summed E-state index contributed by atoms with van der Waals surface area (Å²) in [4.78, 5) is 16.8. The molecule has 0 aliphatic carbocycles. The summed E-state index contributed by atoms with van der Waals surface area (Å²) in [5.74, 6) is -1.01. The summed E-state index contributed by atoms with van der Waals surface area (Å²) in [6.07, 6.45) is 2.99. The second-order valence-corrected chi connectivity index (χ2v) is 3.71. The molecule has 17 heavy (non-hydrogen) atoms. The van der Waals surface area contributed by atoms with Crippen molar-refractivity contribution in [1.82, 2.24) is 9.38 Å². The van der Waals surface area contributed by atoms with Crippen molar-refractivity contribution in [2.75, 3.05) is 25.1 Å². The minimum absolute atomic E-state index is 0.0660. The van der Waals surface area contributed by atoms with Crippen LogP contribution in [0.4, 0.5) is 5.69 Å². The number of aromatic nitrogens is 2. The van der Waals surface area contributed by atoms with Crippen molar-refractivity contribution >= 4 is 17.3 Å². The molecule has 6 nitrogen and oxygen atoms in total. The largest absolute Gasteiger partial charge is 0.477 e. The van der Waals surface area contributed by atoms with E-state index in [1.54, 1.807) is 18.3 Å². The topological polar surface area (TPSA) is 78.1 Å². The average Bonchev–Trinajstić information content (AvgIpc) is 2.71. The predicted molar refractivity (Wildman–Crippen MR) is 62.5 cm³/mol. The Bertz CT molecular complexity index is 550. The summed E-state index contributed by atoms with van der Waals surface area (Å²) in [5.41, 5.74) is 1.59. The highest BCUT2D eigenvalue weighted by molar-refractivity contribution is 5.86. The first kappa shape index (κ1) is 11.4. The number of aliphatic hydroxyl groups excluding tert-OH is 1. The zero-order chi connectivity index (χ0) is 12.4. The van der Waals surface area contributed by atoms with Crippen LogP contribution in [-0.4, -0.2) is 45.8 Å². The number of nitrogens with zero attached hydrogens (tertiary/aromatic N) is 3. The monoisotopic (exact) mass is 235 g/mol. The van der Waals surface area contributed by atoms with Gasteiger partial charge in [-0.05, 0) is 6.07 Å². The normalized spacial score (nSPS) is 10.7. The van der Waals surface area contributed by atoms with Crippen LogP contribution in [0.1, 0.15) is 10.5 Å². The summed E-state index contributed by atoms with van der Waals surface area (Å²) in [6.45, 7) is 0.583. The molecule has 2 rings (SSSR count). The number of anilines is 1. The van der Waals surface area contributed by atoms with Crippen LogP contribution in [0, 0.1) is 0 Å². The fourth-order valence-corrected chi connectivity index (χ4v) is 1.64. The number of rotatable bonds is 4. The number of likely N-dealkylation sites (N-methyl/N-ethyl adjacent to an activating group) is 1. The molecule has 0 saturated carbocycles. The van der Waals surface area contributed by atoms with Gasteiger partial charge in [-0.3, -0.25) is 4.40 Å². The molecule has 2 aromatic heterocycles. The predicted octanol–water partition coefficient (Wildman–Crippen LogP) is 0.461. The van der Waals surface area contributed by atoms with Crippen LogP contribution in [0.15, 0.2) is 24.5 Å². The van der Waals surface area contributed by atoms with E-state index in [1.807, 2.05) is 11.9 Å². The maximum absolute atomic E-state index is 10.9. The highest BCUT2D eigenvalue weighted by Gasteiger charge is 2.11. The fraction of sp³-hybridized carbons (Fsp3) is 0.273. The van der Waals surface area contributed by atoms with Crippen LogP contribution in [0.3, 0.4) is 0 Å². The summed E-state index contributed by atoms with van der Waals surface area (Å²) < 4.78 is 1.51. The number of carbonyl (C=O) groups is 1. The standard InChI is InChI=1S/C11H13N3O3/c1-13(4-5-15)8-2-3-14-9(11(16)17)7-12-10(14)6-8/h2-3,6-7,15H,4-5H2,1H3,(H,16,17). The number of pyridine rings is 1. The minimum Gasteiger partial charge on any atom is -0.477 e. The Morgan fingerprint density at radius 3 is 3.00 bits per heavy atom. The summed E-state index contributed by atoms with van der Waals surface area (Å²) in [5, 5.41) is 17.8. The molecule has 0 radical (unpaired) electrons. The number of aliphatic hydroxyl groups is 1. The highest BCUT2D eigenvalue weighted by Crippen LogP contribution is 2.16. The highest BCUT2D eigenvalue weighted by atomic mass is 16.4. The molecule has 90 valence electrons. The maximum Gasteiger partial charge on any atom is 0.354 e. The average molecular weight is 235 g/mol. The lowest BCUT2D eigenvalue weighted by molar-refractivity contribution is 0.0689. The second kappa shape index (κ2) is 4.42. The molecule has 2 heterocycles. The van der Waals surface area contributed by atoms with Gasteiger partial charge in [0, 0.05) is 31.5 Å². The zero-order valence-corrected chi connectivity index (χ0v) is 9.37. The molecular weight excluding hydrogens is 222 g/mol. The first-order valence-corrected chi connectivity index (χ1v) is 5.16. The van der Waals surface area contributed by atoms with Gasteiger partial charge in [0.2, 0.25) is 0 Å². The third kappa shape index (κ3) is 2.07. The quantitative estimate of drug-likeness (QED) is 0.805. The molecule has 0 aliphatic rings. The Morgan fingerprint density at radius 2 is 2.35 bits per heavy atom. The fourth-order valence-electron chi connectivity index (χ4n) is 1.64. The van der Waals surface area contributed by atoms with Gasteiger partial charge in [-0.25, -0.2) is 9.78 Å². The van der Waals surface area contributed by atoms with E-state index in [4.69, 9.17) is 10.2 Å². The Morgan fingerprint density at radius 1 is 1.59 bits per heavy atom. The molecule has 0 fully saturated rings. The summed E-state index contributed by atoms with van der Waals surface area (Å²) in [6, 6.07) is 3.57. The third-order valence-electron chi connectivity index (χ3n) is 2.59. The Balaban J connectivity index is 2.42. The lowest BCUT2D eigenvalue weighted by atomic mass is 10.3. The molecular formula is C11H13N3O3. The van der Waals surface area contributed by atoms with Crippen molar-refractivity contribution in [3.05, 3.63) is 30.2 Å². The molecule has 0 aromatic carbocycles. The number of imidazole rings is 1. The Hall–Kier alpha value is -2.08. The van der Waals surface area contributed by atoms with Gasteiger partial charge in [-0.15, -0.1) is 0 Å². The third-order valence-corrected chi connectivity index (χ3v) is 2.59. The Labute approximate surface area is 97.7 Å². The molecule has 0 amide bonds. The summed E-state index contributed by atoms with van der Waals surface area (Å²) >= 11 is 0. The van der Waals surface area contributed by atoms with Crippen LogP contribution < -0.4 is 4.90 Å². The molecule has 0 spiro atoms. The molecule has 2 aromatic rings. The van der Waals surface area contributed by atoms with Gasteiger partial charge < -0.3 is 15.1 Å². The van der Waals surface area contributed by atoms with Gasteiger partial charge in [0.25, 0.3) is 0 Å². The van der Waals surface area contributed by atoms with Crippen LogP contribution in [0.5, 0.6) is 0 Å². The van der Waals surface area contributed by atoms with E-state index < -0.39 is 5.97 Å². The number of carboxylic acids is 1. The number of fused-ring (bicyclic) bond motifs is 1. The van der Waals surface area contributed by atoms with Gasteiger partial charge in [0.1, 0.15) is 5.65 Å². The second-order valence-electron chi connectivity index (χ2n) is 3.71. The van der Waals surface area contributed by atoms with E-state index in [0.29, 0.717) is 12.2 Å². The van der Waals surface area contributed by atoms with E-state index in [0.717, 1.165) is 5.69 Å². The van der Waals surface area contributed by atoms with Gasteiger partial charge in [0.15, 0.2) is 5.69 Å². The SMILES string of the molecule is CN(CCO)c1ccn2c(C(=O)O)cnc2c1. The van der Waals surface area contributed by atoms with E-state index in [-0.39, 0.29) is 12.3 Å². The van der Waals surface area contributed by atoms with Crippen molar-refractivity contribution in [2.45, 2.75) is 0 Å². The van der Waals surface area contributed by atoms with E-state index in [1.165, 1.54) is 10.6 Å². The lowest BCUT2D eigenvalue weighted by Gasteiger charge is -2.17. The first-order chi connectivity index (χ1) is 8.13. The Kier molecular flexibility index (Phi) is 2.97. The molecule has 0 bridgehead atoms. The molecule has 0 atom stereocenters. The van der Waals surface area contributed by atoms with E-state index in [9.17, 15) is 4.79 Å². The molecule has 2 N–H and O–H groups in total. The van der Waals surface area contributed by atoms with Gasteiger partial charge >= 0.3 is 5.97 Å². The van der Waals surface area contributed by atoms with Crippen molar-refractivity contribution in [1.29, 1.82) is 0 Å². The van der Waals surface area contributed by atoms with Crippen molar-refractivity contribution in [2.24, 2.45) is 0 Å². The first-order valence-electron chi connectivity index (χ1n) is 5.16. The molecule has 6 heteroatoms. The van der Waals surface area contributed by atoms with Crippen LogP contribution in [0.25, 0.3) is 5.65 Å². The number of hydrogen-bond donors (Lipinski definition) is 2. The van der Waals surface area contributed by atoms with E-state index >= 15 is 0 Å².